The maximum Gasteiger partial charge on any atom is 0.0332 e. The van der Waals surface area contributed by atoms with Crippen molar-refractivity contribution in [1.82, 2.24) is 9.88 Å². The molecule has 0 amide bonds. The molecule has 0 spiro atoms. The Morgan fingerprint density at radius 2 is 2.00 bits per heavy atom. The Morgan fingerprint density at radius 1 is 1.38 bits per heavy atom. The van der Waals surface area contributed by atoms with Gasteiger partial charge in [0.25, 0.3) is 0 Å². The molecular formula is C12H20ClN3. The summed E-state index contributed by atoms with van der Waals surface area (Å²) in [5.41, 5.74) is 7.45. The zero-order chi connectivity index (χ0) is 10.7. The highest BCUT2D eigenvalue weighted by Crippen LogP contribution is 2.36. The summed E-state index contributed by atoms with van der Waals surface area (Å²) in [6, 6.07) is 4.14. The van der Waals surface area contributed by atoms with Crippen molar-refractivity contribution in [2.45, 2.75) is 31.3 Å². The van der Waals surface area contributed by atoms with Crippen molar-refractivity contribution in [1.29, 1.82) is 0 Å². The van der Waals surface area contributed by atoms with Crippen molar-refractivity contribution in [2.24, 2.45) is 5.73 Å². The first-order chi connectivity index (χ1) is 7.27. The molecule has 0 unspecified atom stereocenters. The zero-order valence-electron chi connectivity index (χ0n) is 9.72. The number of hydrogen-bond donors (Lipinski definition) is 1. The fraction of sp³-hybridized carbons (Fsp3) is 0.583. The lowest BCUT2D eigenvalue weighted by molar-refractivity contribution is 0.0398. The molecule has 3 nitrogen and oxygen atoms in total. The van der Waals surface area contributed by atoms with E-state index in [-0.39, 0.29) is 17.9 Å². The first kappa shape index (κ1) is 13.4. The van der Waals surface area contributed by atoms with Gasteiger partial charge in [0.1, 0.15) is 0 Å². The highest BCUT2D eigenvalue weighted by Gasteiger charge is 2.39. The molecule has 1 heterocycles. The molecule has 0 saturated heterocycles. The third kappa shape index (κ3) is 2.54. The molecule has 0 atom stereocenters. The minimum Gasteiger partial charge on any atom is -0.329 e. The summed E-state index contributed by atoms with van der Waals surface area (Å²) < 4.78 is 0. The number of hydrogen-bond acceptors (Lipinski definition) is 3. The minimum absolute atomic E-state index is 0. The van der Waals surface area contributed by atoms with Crippen LogP contribution in [0.2, 0.25) is 0 Å². The average molecular weight is 242 g/mol. The number of nitrogens with two attached hydrogens (primary N) is 1. The van der Waals surface area contributed by atoms with Gasteiger partial charge in [-0.1, -0.05) is 0 Å². The molecule has 1 aliphatic rings. The van der Waals surface area contributed by atoms with Crippen molar-refractivity contribution in [3.63, 3.8) is 0 Å². The van der Waals surface area contributed by atoms with Crippen LogP contribution in [0.5, 0.6) is 0 Å². The van der Waals surface area contributed by atoms with Gasteiger partial charge in [0.2, 0.25) is 0 Å². The summed E-state index contributed by atoms with van der Waals surface area (Å²) >= 11 is 0. The van der Waals surface area contributed by atoms with Crippen LogP contribution < -0.4 is 5.73 Å². The SMILES string of the molecule is CN(Cc1ccncc1)C1(CN)CCC1.Cl. The number of halogens is 1. The molecule has 0 aliphatic heterocycles. The molecule has 0 bridgehead atoms. The van der Waals surface area contributed by atoms with E-state index < -0.39 is 0 Å². The highest BCUT2D eigenvalue weighted by atomic mass is 35.5. The summed E-state index contributed by atoms with van der Waals surface area (Å²) in [6.45, 7) is 1.74. The van der Waals surface area contributed by atoms with E-state index in [0.717, 1.165) is 13.1 Å². The van der Waals surface area contributed by atoms with Crippen LogP contribution in [-0.4, -0.2) is 29.0 Å². The third-order valence-corrected chi connectivity index (χ3v) is 3.64. The van der Waals surface area contributed by atoms with Crippen LogP contribution in [0, 0.1) is 0 Å². The van der Waals surface area contributed by atoms with E-state index in [1.165, 1.54) is 24.8 Å². The monoisotopic (exact) mass is 241 g/mol. The van der Waals surface area contributed by atoms with Gasteiger partial charge in [0.15, 0.2) is 0 Å². The normalized spacial score (nSPS) is 17.7. The van der Waals surface area contributed by atoms with Gasteiger partial charge in [-0.2, -0.15) is 0 Å². The molecular weight excluding hydrogens is 222 g/mol. The lowest BCUT2D eigenvalue weighted by Crippen LogP contribution is -2.56. The molecule has 90 valence electrons. The maximum atomic E-state index is 5.87. The van der Waals surface area contributed by atoms with Crippen LogP contribution in [0.3, 0.4) is 0 Å². The summed E-state index contributed by atoms with van der Waals surface area (Å²) in [6.07, 6.45) is 7.49. The molecule has 0 radical (unpaired) electrons. The van der Waals surface area contributed by atoms with Gasteiger partial charge in [-0.25, -0.2) is 0 Å². The quantitative estimate of drug-likeness (QED) is 0.875. The third-order valence-electron chi connectivity index (χ3n) is 3.64. The van der Waals surface area contributed by atoms with Gasteiger partial charge in [-0.05, 0) is 44.0 Å². The second-order valence-electron chi connectivity index (χ2n) is 4.49. The van der Waals surface area contributed by atoms with Crippen LogP contribution in [0.1, 0.15) is 24.8 Å². The molecule has 1 saturated carbocycles. The average Bonchev–Trinajstić information content (AvgIpc) is 2.18. The summed E-state index contributed by atoms with van der Waals surface area (Å²) in [4.78, 5) is 6.42. The van der Waals surface area contributed by atoms with Crippen molar-refractivity contribution >= 4 is 12.4 Å². The second-order valence-corrected chi connectivity index (χ2v) is 4.49. The predicted octanol–water partition coefficient (Wildman–Crippen LogP) is 1.82. The van der Waals surface area contributed by atoms with Crippen molar-refractivity contribution in [3.8, 4) is 0 Å². The summed E-state index contributed by atoms with van der Waals surface area (Å²) in [5, 5.41) is 0. The molecule has 2 rings (SSSR count). The van der Waals surface area contributed by atoms with Gasteiger partial charge < -0.3 is 5.73 Å². The number of likely N-dealkylation sites (N-methyl/N-ethyl adjacent to an activating group) is 1. The topological polar surface area (TPSA) is 42.2 Å². The smallest absolute Gasteiger partial charge is 0.0332 e. The molecule has 1 fully saturated rings. The Balaban J connectivity index is 0.00000128. The molecule has 1 aromatic rings. The van der Waals surface area contributed by atoms with Crippen LogP contribution >= 0.6 is 12.4 Å². The molecule has 2 N–H and O–H groups in total. The minimum atomic E-state index is 0. The molecule has 1 aromatic heterocycles. The van der Waals surface area contributed by atoms with Crippen LogP contribution in [-0.2, 0) is 6.54 Å². The lowest BCUT2D eigenvalue weighted by atomic mass is 9.75. The first-order valence-electron chi connectivity index (χ1n) is 5.57. The summed E-state index contributed by atoms with van der Waals surface area (Å²) in [5.74, 6) is 0. The van der Waals surface area contributed by atoms with Crippen molar-refractivity contribution in [3.05, 3.63) is 30.1 Å². The fourth-order valence-corrected chi connectivity index (χ4v) is 2.26. The van der Waals surface area contributed by atoms with E-state index in [1.807, 2.05) is 12.4 Å². The Bertz CT molecular complexity index is 306. The van der Waals surface area contributed by atoms with Gasteiger partial charge in [0.05, 0.1) is 0 Å². The fourth-order valence-electron chi connectivity index (χ4n) is 2.26. The second kappa shape index (κ2) is 5.62. The van der Waals surface area contributed by atoms with E-state index in [9.17, 15) is 0 Å². The van der Waals surface area contributed by atoms with E-state index >= 15 is 0 Å². The van der Waals surface area contributed by atoms with Gasteiger partial charge >= 0.3 is 0 Å². The Hall–Kier alpha value is -0.640. The first-order valence-corrected chi connectivity index (χ1v) is 5.57. The number of aromatic nitrogens is 1. The predicted molar refractivity (Wildman–Crippen MR) is 68.6 cm³/mol. The van der Waals surface area contributed by atoms with Crippen LogP contribution in [0.4, 0.5) is 0 Å². The lowest BCUT2D eigenvalue weighted by Gasteiger charge is -2.48. The molecule has 1 aliphatic carbocycles. The van der Waals surface area contributed by atoms with E-state index in [4.69, 9.17) is 5.73 Å². The zero-order valence-corrected chi connectivity index (χ0v) is 10.5. The molecule has 16 heavy (non-hydrogen) atoms. The number of pyridine rings is 1. The van der Waals surface area contributed by atoms with Crippen molar-refractivity contribution < 1.29 is 0 Å². The van der Waals surface area contributed by atoms with E-state index in [0.29, 0.717) is 0 Å². The Morgan fingerprint density at radius 3 is 2.44 bits per heavy atom. The van der Waals surface area contributed by atoms with Crippen LogP contribution in [0.25, 0.3) is 0 Å². The van der Waals surface area contributed by atoms with Gasteiger partial charge in [0, 0.05) is 31.0 Å². The summed E-state index contributed by atoms with van der Waals surface area (Å²) in [7, 11) is 2.17. The Labute approximate surface area is 103 Å². The van der Waals surface area contributed by atoms with Crippen LogP contribution in [0.15, 0.2) is 24.5 Å². The maximum absolute atomic E-state index is 5.87. The standard InChI is InChI=1S/C12H19N3.ClH/c1-15(12(10-13)5-2-6-12)9-11-3-7-14-8-4-11;/h3-4,7-8H,2,5-6,9-10,13H2,1H3;1H. The molecule has 0 aromatic carbocycles. The number of rotatable bonds is 4. The van der Waals surface area contributed by atoms with Crippen molar-refractivity contribution in [2.75, 3.05) is 13.6 Å². The van der Waals surface area contributed by atoms with E-state index in [1.54, 1.807) is 0 Å². The van der Waals surface area contributed by atoms with Gasteiger partial charge in [-0.15, -0.1) is 12.4 Å². The Kier molecular flexibility index (Phi) is 4.71. The highest BCUT2D eigenvalue weighted by molar-refractivity contribution is 5.85. The largest absolute Gasteiger partial charge is 0.329 e. The number of nitrogens with zero attached hydrogens (tertiary/aromatic N) is 2. The molecule has 4 heteroatoms. The van der Waals surface area contributed by atoms with E-state index in [2.05, 4.69) is 29.1 Å². The van der Waals surface area contributed by atoms with Gasteiger partial charge in [-0.3, -0.25) is 9.88 Å².